The van der Waals surface area contributed by atoms with Crippen molar-refractivity contribution >= 4 is 38.9 Å². The van der Waals surface area contributed by atoms with Crippen LogP contribution in [0.3, 0.4) is 0 Å². The van der Waals surface area contributed by atoms with E-state index in [9.17, 15) is 18.0 Å². The monoisotopic (exact) mass is 451 g/mol. The largest absolute Gasteiger partial charge is 0.497 e. The number of likely N-dealkylation sites (N-methyl/N-ethyl adjacent to an activating group) is 1. The van der Waals surface area contributed by atoms with Crippen LogP contribution in [-0.2, 0) is 21.2 Å². The van der Waals surface area contributed by atoms with Crippen molar-refractivity contribution in [3.05, 3.63) is 77.9 Å². The van der Waals surface area contributed by atoms with E-state index >= 15 is 0 Å². The maximum absolute atomic E-state index is 13.0. The number of benzene rings is 3. The lowest BCUT2D eigenvalue weighted by Gasteiger charge is -2.14. The second-order valence-corrected chi connectivity index (χ2v) is 8.94. The van der Waals surface area contributed by atoms with E-state index in [1.165, 1.54) is 29.2 Å². The van der Waals surface area contributed by atoms with Crippen LogP contribution in [0.25, 0.3) is 0 Å². The summed E-state index contributed by atoms with van der Waals surface area (Å²) in [6.45, 7) is 0. The Kier molecular flexibility index (Phi) is 5.58. The summed E-state index contributed by atoms with van der Waals surface area (Å²) in [5.74, 6) is 0.0936. The molecule has 164 valence electrons. The third kappa shape index (κ3) is 4.15. The van der Waals surface area contributed by atoms with Crippen LogP contribution >= 0.6 is 0 Å². The van der Waals surface area contributed by atoms with Crippen molar-refractivity contribution in [1.29, 1.82) is 0 Å². The summed E-state index contributed by atoms with van der Waals surface area (Å²) < 4.78 is 33.6. The average Bonchev–Trinajstić information content (AvgIpc) is 3.07. The molecule has 0 aliphatic carbocycles. The van der Waals surface area contributed by atoms with Crippen LogP contribution in [-0.4, -0.2) is 34.4 Å². The molecule has 1 aliphatic heterocycles. The van der Waals surface area contributed by atoms with E-state index in [2.05, 4.69) is 10.0 Å². The standard InChI is InChI=1S/C23H21N3O5S/c1-26-21-12-11-18(13-15(21)14-22(26)27)32(29,30)25-20-6-4-3-5-19(20)23(28)24-16-7-9-17(31-2)10-8-16/h3-13,25H,14H2,1-2H3,(H,24,28). The lowest BCUT2D eigenvalue weighted by atomic mass is 10.1. The number of carbonyl (C=O) groups excluding carboxylic acids is 2. The summed E-state index contributed by atoms with van der Waals surface area (Å²) in [7, 11) is -0.784. The van der Waals surface area contributed by atoms with Gasteiger partial charge in [0.25, 0.3) is 15.9 Å². The number of para-hydroxylation sites is 1. The third-order valence-electron chi connectivity index (χ3n) is 5.20. The van der Waals surface area contributed by atoms with Crippen LogP contribution in [0, 0.1) is 0 Å². The van der Waals surface area contributed by atoms with Gasteiger partial charge in [0.15, 0.2) is 0 Å². The molecule has 8 nitrogen and oxygen atoms in total. The molecule has 3 aromatic carbocycles. The van der Waals surface area contributed by atoms with Gasteiger partial charge in [0.1, 0.15) is 5.75 Å². The molecule has 1 heterocycles. The fraction of sp³-hybridized carbons (Fsp3) is 0.130. The molecular weight excluding hydrogens is 430 g/mol. The molecule has 2 N–H and O–H groups in total. The zero-order valence-electron chi connectivity index (χ0n) is 17.5. The van der Waals surface area contributed by atoms with Crippen molar-refractivity contribution in [2.24, 2.45) is 0 Å². The third-order valence-corrected chi connectivity index (χ3v) is 6.57. The maximum atomic E-state index is 13.0. The maximum Gasteiger partial charge on any atom is 0.261 e. The molecule has 9 heteroatoms. The lowest BCUT2D eigenvalue weighted by molar-refractivity contribution is -0.117. The number of hydrogen-bond donors (Lipinski definition) is 2. The van der Waals surface area contributed by atoms with Crippen molar-refractivity contribution in [2.45, 2.75) is 11.3 Å². The van der Waals surface area contributed by atoms with E-state index in [-0.39, 0.29) is 28.5 Å². The Hall–Kier alpha value is -3.85. The Bertz CT molecular complexity index is 1300. The Balaban J connectivity index is 1.58. The van der Waals surface area contributed by atoms with E-state index in [0.717, 1.165) is 0 Å². The number of nitrogens with one attached hydrogen (secondary N) is 2. The van der Waals surface area contributed by atoms with Crippen LogP contribution in [0.4, 0.5) is 17.1 Å². The van der Waals surface area contributed by atoms with Crippen LogP contribution in [0.5, 0.6) is 5.75 Å². The second kappa shape index (κ2) is 8.35. The van der Waals surface area contributed by atoms with Gasteiger partial charge in [-0.2, -0.15) is 0 Å². The SMILES string of the molecule is COc1ccc(NC(=O)c2ccccc2NS(=O)(=O)c2ccc3c(c2)CC(=O)N3C)cc1. The fourth-order valence-electron chi connectivity index (χ4n) is 3.46. The Morgan fingerprint density at radius 3 is 2.47 bits per heavy atom. The highest BCUT2D eigenvalue weighted by Crippen LogP contribution is 2.31. The van der Waals surface area contributed by atoms with Crippen molar-refractivity contribution in [2.75, 3.05) is 29.1 Å². The first-order valence-corrected chi connectivity index (χ1v) is 11.2. The summed E-state index contributed by atoms with van der Waals surface area (Å²) >= 11 is 0. The zero-order valence-corrected chi connectivity index (χ0v) is 18.3. The quantitative estimate of drug-likeness (QED) is 0.599. The highest BCUT2D eigenvalue weighted by molar-refractivity contribution is 7.92. The summed E-state index contributed by atoms with van der Waals surface area (Å²) in [6, 6.07) is 17.7. The smallest absolute Gasteiger partial charge is 0.261 e. The second-order valence-electron chi connectivity index (χ2n) is 7.25. The molecule has 4 rings (SSSR count). The average molecular weight is 452 g/mol. The minimum atomic E-state index is -3.98. The lowest BCUT2D eigenvalue weighted by Crippen LogP contribution is -2.20. The van der Waals surface area contributed by atoms with Gasteiger partial charge in [-0.25, -0.2) is 8.42 Å². The number of anilines is 3. The van der Waals surface area contributed by atoms with Crippen LogP contribution in [0.1, 0.15) is 15.9 Å². The molecule has 0 spiro atoms. The Morgan fingerprint density at radius 1 is 1.03 bits per heavy atom. The number of rotatable bonds is 6. The molecule has 3 aromatic rings. The normalized spacial score (nSPS) is 12.9. The van der Waals surface area contributed by atoms with Gasteiger partial charge in [-0.15, -0.1) is 0 Å². The van der Waals surface area contributed by atoms with Crippen LogP contribution in [0.15, 0.2) is 71.6 Å². The Labute approximate surface area is 185 Å². The highest BCUT2D eigenvalue weighted by Gasteiger charge is 2.27. The van der Waals surface area contributed by atoms with Gasteiger partial charge in [0.05, 0.1) is 29.7 Å². The van der Waals surface area contributed by atoms with Crippen molar-refractivity contribution < 1.29 is 22.7 Å². The van der Waals surface area contributed by atoms with Gasteiger partial charge >= 0.3 is 0 Å². The molecule has 0 bridgehead atoms. The molecule has 0 unspecified atom stereocenters. The first-order valence-electron chi connectivity index (χ1n) is 9.75. The summed E-state index contributed by atoms with van der Waals surface area (Å²) in [4.78, 5) is 26.2. The molecule has 0 saturated carbocycles. The van der Waals surface area contributed by atoms with E-state index in [1.807, 2.05) is 0 Å². The first-order chi connectivity index (χ1) is 15.3. The molecule has 0 atom stereocenters. The van der Waals surface area contributed by atoms with Crippen LogP contribution in [0.2, 0.25) is 0 Å². The summed E-state index contributed by atoms with van der Waals surface area (Å²) in [5.41, 5.74) is 2.19. The molecular formula is C23H21N3O5S. The van der Waals surface area contributed by atoms with Crippen molar-refractivity contribution in [3.63, 3.8) is 0 Å². The minimum absolute atomic E-state index is 0.0183. The van der Waals surface area contributed by atoms with Crippen molar-refractivity contribution in [1.82, 2.24) is 0 Å². The molecule has 0 radical (unpaired) electrons. The van der Waals surface area contributed by atoms with Gasteiger partial charge in [0.2, 0.25) is 5.91 Å². The first kappa shape index (κ1) is 21.4. The molecule has 0 aromatic heterocycles. The fourth-order valence-corrected chi connectivity index (χ4v) is 4.59. The minimum Gasteiger partial charge on any atom is -0.497 e. The van der Waals surface area contributed by atoms with E-state index in [0.29, 0.717) is 22.7 Å². The predicted molar refractivity (Wildman–Crippen MR) is 122 cm³/mol. The van der Waals surface area contributed by atoms with Gasteiger partial charge in [-0.3, -0.25) is 14.3 Å². The Morgan fingerprint density at radius 2 is 1.75 bits per heavy atom. The highest BCUT2D eigenvalue weighted by atomic mass is 32.2. The van der Waals surface area contributed by atoms with Gasteiger partial charge in [-0.05, 0) is 60.2 Å². The molecule has 1 aliphatic rings. The van der Waals surface area contributed by atoms with E-state index < -0.39 is 15.9 Å². The molecule has 0 fully saturated rings. The molecule has 0 saturated heterocycles. The van der Waals surface area contributed by atoms with E-state index in [4.69, 9.17) is 4.74 Å². The number of carbonyl (C=O) groups is 2. The van der Waals surface area contributed by atoms with Gasteiger partial charge in [0, 0.05) is 18.4 Å². The number of amides is 2. The molecule has 2 amide bonds. The van der Waals surface area contributed by atoms with Gasteiger partial charge < -0.3 is 15.0 Å². The van der Waals surface area contributed by atoms with E-state index in [1.54, 1.807) is 56.6 Å². The molecule has 32 heavy (non-hydrogen) atoms. The summed E-state index contributed by atoms with van der Waals surface area (Å²) in [5, 5.41) is 2.75. The number of hydrogen-bond acceptors (Lipinski definition) is 5. The van der Waals surface area contributed by atoms with Crippen molar-refractivity contribution in [3.8, 4) is 5.75 Å². The summed E-state index contributed by atoms with van der Waals surface area (Å²) in [6.07, 6.45) is 0.149. The number of fused-ring (bicyclic) bond motifs is 1. The topological polar surface area (TPSA) is 105 Å². The number of sulfonamides is 1. The number of nitrogens with zero attached hydrogens (tertiary/aromatic N) is 1. The number of methoxy groups -OCH3 is 1. The zero-order chi connectivity index (χ0) is 22.9. The predicted octanol–water partition coefficient (Wildman–Crippen LogP) is 3.27. The van der Waals surface area contributed by atoms with Gasteiger partial charge in [-0.1, -0.05) is 12.1 Å². The number of ether oxygens (including phenoxy) is 1. The van der Waals surface area contributed by atoms with Crippen LogP contribution < -0.4 is 19.7 Å².